The Labute approximate surface area is 144 Å². The Kier molecular flexibility index (Phi) is 3.74. The van der Waals surface area contributed by atoms with E-state index in [2.05, 4.69) is 33.5 Å². The number of pyridine rings is 1. The second-order valence-electron chi connectivity index (χ2n) is 5.77. The fourth-order valence-electron chi connectivity index (χ4n) is 2.72. The maximum atomic E-state index is 4.71. The molecular weight excluding hydrogens is 318 g/mol. The molecule has 0 atom stereocenters. The van der Waals surface area contributed by atoms with E-state index in [4.69, 9.17) is 4.98 Å². The third-order valence-electron chi connectivity index (χ3n) is 3.95. The zero-order valence-electron chi connectivity index (χ0n) is 13.5. The van der Waals surface area contributed by atoms with Gasteiger partial charge in [-0.25, -0.2) is 15.0 Å². The van der Waals surface area contributed by atoms with E-state index < -0.39 is 0 Å². The maximum absolute atomic E-state index is 4.71. The Balaban J connectivity index is 1.72. The van der Waals surface area contributed by atoms with E-state index in [0.29, 0.717) is 6.54 Å². The molecule has 0 unspecified atom stereocenters. The van der Waals surface area contributed by atoms with Crippen molar-refractivity contribution in [3.63, 3.8) is 0 Å². The van der Waals surface area contributed by atoms with Gasteiger partial charge < -0.3 is 10.2 Å². The number of thiophene rings is 1. The summed E-state index contributed by atoms with van der Waals surface area (Å²) in [6.45, 7) is 0.686. The van der Waals surface area contributed by atoms with Gasteiger partial charge in [-0.1, -0.05) is 18.2 Å². The molecule has 120 valence electrons. The number of hydrogen-bond acceptors (Lipinski definition) is 6. The molecule has 5 nitrogen and oxygen atoms in total. The highest BCUT2D eigenvalue weighted by atomic mass is 32.1. The highest BCUT2D eigenvalue weighted by Gasteiger charge is 2.09. The Morgan fingerprint density at radius 3 is 2.83 bits per heavy atom. The normalized spacial score (nSPS) is 11.1. The number of nitrogens with zero attached hydrogens (tertiary/aromatic N) is 4. The van der Waals surface area contributed by atoms with E-state index >= 15 is 0 Å². The number of anilines is 2. The van der Waals surface area contributed by atoms with Gasteiger partial charge in [0.15, 0.2) is 0 Å². The first kappa shape index (κ1) is 14.8. The molecule has 0 aliphatic carbocycles. The first-order chi connectivity index (χ1) is 11.7. The average molecular weight is 335 g/mol. The molecule has 24 heavy (non-hydrogen) atoms. The fourth-order valence-corrected chi connectivity index (χ4v) is 3.45. The van der Waals surface area contributed by atoms with E-state index in [1.165, 1.54) is 5.56 Å². The molecule has 0 bridgehead atoms. The molecule has 0 saturated carbocycles. The van der Waals surface area contributed by atoms with Gasteiger partial charge in [-0.2, -0.15) is 0 Å². The van der Waals surface area contributed by atoms with Crippen LogP contribution in [0.1, 0.15) is 5.56 Å². The summed E-state index contributed by atoms with van der Waals surface area (Å²) in [7, 11) is 4.02. The molecule has 0 aliphatic rings. The van der Waals surface area contributed by atoms with Gasteiger partial charge in [-0.3, -0.25) is 0 Å². The summed E-state index contributed by atoms with van der Waals surface area (Å²) in [5.74, 6) is 1.82. The molecule has 1 aromatic carbocycles. The molecule has 0 aliphatic heterocycles. The third kappa shape index (κ3) is 2.65. The summed E-state index contributed by atoms with van der Waals surface area (Å²) in [4.78, 5) is 16.4. The minimum atomic E-state index is 0.686. The molecule has 3 heterocycles. The van der Waals surface area contributed by atoms with Crippen molar-refractivity contribution in [2.75, 3.05) is 24.3 Å². The zero-order chi connectivity index (χ0) is 16.5. The largest absolute Gasteiger partial charge is 0.365 e. The highest BCUT2D eigenvalue weighted by molar-refractivity contribution is 7.16. The van der Waals surface area contributed by atoms with Crippen LogP contribution in [0.2, 0.25) is 0 Å². The highest BCUT2D eigenvalue weighted by Crippen LogP contribution is 2.26. The van der Waals surface area contributed by atoms with Gasteiger partial charge in [-0.15, -0.1) is 11.3 Å². The van der Waals surface area contributed by atoms with Crippen molar-refractivity contribution >= 4 is 44.1 Å². The van der Waals surface area contributed by atoms with Gasteiger partial charge >= 0.3 is 0 Å². The average Bonchev–Trinajstić information content (AvgIpc) is 3.08. The van der Waals surface area contributed by atoms with E-state index in [1.54, 1.807) is 17.7 Å². The molecule has 4 rings (SSSR count). The Morgan fingerprint density at radius 2 is 1.96 bits per heavy atom. The number of nitrogens with one attached hydrogen (secondary N) is 1. The molecule has 1 N–H and O–H groups in total. The zero-order valence-corrected chi connectivity index (χ0v) is 14.3. The Bertz CT molecular complexity index is 1010. The van der Waals surface area contributed by atoms with Crippen LogP contribution >= 0.6 is 11.3 Å². The van der Waals surface area contributed by atoms with Crippen LogP contribution < -0.4 is 10.2 Å². The molecule has 0 spiro atoms. The van der Waals surface area contributed by atoms with Gasteiger partial charge in [-0.05, 0) is 29.1 Å². The van der Waals surface area contributed by atoms with Crippen LogP contribution in [0.5, 0.6) is 0 Å². The topological polar surface area (TPSA) is 53.9 Å². The molecular formula is C18H17N5S. The van der Waals surface area contributed by atoms with Crippen LogP contribution in [0.3, 0.4) is 0 Å². The van der Waals surface area contributed by atoms with Crippen molar-refractivity contribution < 1.29 is 0 Å². The summed E-state index contributed by atoms with van der Waals surface area (Å²) in [5, 5.41) is 7.72. The second kappa shape index (κ2) is 6.05. The predicted molar refractivity (Wildman–Crippen MR) is 101 cm³/mol. The molecule has 0 saturated heterocycles. The lowest BCUT2D eigenvalue weighted by atomic mass is 10.1. The van der Waals surface area contributed by atoms with Crippen LogP contribution in [0.4, 0.5) is 11.6 Å². The van der Waals surface area contributed by atoms with E-state index in [0.717, 1.165) is 32.8 Å². The summed E-state index contributed by atoms with van der Waals surface area (Å²) in [5.41, 5.74) is 2.20. The van der Waals surface area contributed by atoms with Gasteiger partial charge in [0.1, 0.15) is 22.8 Å². The molecule has 6 heteroatoms. The third-order valence-corrected chi connectivity index (χ3v) is 4.78. The Hall–Kier alpha value is -2.73. The SMILES string of the molecule is CN(C)c1cc(CNc2ncnc3sccc23)c2ccccc2n1. The number of para-hydroxylation sites is 1. The molecule has 0 radical (unpaired) electrons. The van der Waals surface area contributed by atoms with Gasteiger partial charge in [0.2, 0.25) is 0 Å². The summed E-state index contributed by atoms with van der Waals surface area (Å²) < 4.78 is 0. The van der Waals surface area contributed by atoms with Crippen LogP contribution in [-0.4, -0.2) is 29.0 Å². The first-order valence-corrected chi connectivity index (χ1v) is 8.58. The van der Waals surface area contributed by atoms with Crippen molar-refractivity contribution in [3.05, 3.63) is 53.7 Å². The van der Waals surface area contributed by atoms with E-state index in [9.17, 15) is 0 Å². The van der Waals surface area contributed by atoms with Gasteiger partial charge in [0.05, 0.1) is 10.9 Å². The van der Waals surface area contributed by atoms with Crippen LogP contribution in [-0.2, 0) is 6.54 Å². The monoisotopic (exact) mass is 335 g/mol. The van der Waals surface area contributed by atoms with Crippen LogP contribution in [0.25, 0.3) is 21.1 Å². The maximum Gasteiger partial charge on any atom is 0.138 e. The number of rotatable bonds is 4. The second-order valence-corrected chi connectivity index (χ2v) is 6.66. The number of fused-ring (bicyclic) bond motifs is 2. The van der Waals surface area contributed by atoms with Gasteiger partial charge in [0.25, 0.3) is 0 Å². The van der Waals surface area contributed by atoms with Crippen molar-refractivity contribution in [3.8, 4) is 0 Å². The fraction of sp³-hybridized carbons (Fsp3) is 0.167. The van der Waals surface area contributed by atoms with Gasteiger partial charge in [0, 0.05) is 26.0 Å². The summed E-state index contributed by atoms with van der Waals surface area (Å²) in [6, 6.07) is 12.4. The van der Waals surface area contributed by atoms with Crippen molar-refractivity contribution in [2.24, 2.45) is 0 Å². The van der Waals surface area contributed by atoms with E-state index in [1.807, 2.05) is 42.6 Å². The summed E-state index contributed by atoms with van der Waals surface area (Å²) in [6.07, 6.45) is 1.61. The number of benzene rings is 1. The number of hydrogen-bond donors (Lipinski definition) is 1. The summed E-state index contributed by atoms with van der Waals surface area (Å²) >= 11 is 1.62. The van der Waals surface area contributed by atoms with Crippen molar-refractivity contribution in [1.82, 2.24) is 15.0 Å². The van der Waals surface area contributed by atoms with Crippen molar-refractivity contribution in [1.29, 1.82) is 0 Å². The minimum absolute atomic E-state index is 0.686. The lowest BCUT2D eigenvalue weighted by molar-refractivity contribution is 1.06. The quantitative estimate of drug-likeness (QED) is 0.613. The molecule has 3 aromatic heterocycles. The van der Waals surface area contributed by atoms with Crippen molar-refractivity contribution in [2.45, 2.75) is 6.54 Å². The Morgan fingerprint density at radius 1 is 1.08 bits per heavy atom. The van der Waals surface area contributed by atoms with E-state index in [-0.39, 0.29) is 0 Å². The molecule has 4 aromatic rings. The number of aromatic nitrogens is 3. The predicted octanol–water partition coefficient (Wildman–Crippen LogP) is 3.92. The smallest absolute Gasteiger partial charge is 0.138 e. The van der Waals surface area contributed by atoms with Crippen LogP contribution in [0.15, 0.2) is 48.1 Å². The lowest BCUT2D eigenvalue weighted by Crippen LogP contribution is -2.12. The van der Waals surface area contributed by atoms with Crippen LogP contribution in [0, 0.1) is 0 Å². The standard InChI is InChI=1S/C18H17N5S/c1-23(2)16-9-12(13-5-3-4-6-15(13)22-16)10-19-17-14-7-8-24-18(14)21-11-20-17/h3-9,11H,10H2,1-2H3,(H,19,20,21). The molecule has 0 amide bonds. The lowest BCUT2D eigenvalue weighted by Gasteiger charge is -2.15. The minimum Gasteiger partial charge on any atom is -0.365 e. The first-order valence-electron chi connectivity index (χ1n) is 7.70. The molecule has 0 fully saturated rings.